The Morgan fingerprint density at radius 1 is 1.17 bits per heavy atom. The highest BCUT2D eigenvalue weighted by Gasteiger charge is 2.24. The summed E-state index contributed by atoms with van der Waals surface area (Å²) in [6.45, 7) is 6.26. The molecule has 2 heterocycles. The highest BCUT2D eigenvalue weighted by atomic mass is 32.1. The smallest absolute Gasteiger partial charge is 0.341 e. The van der Waals surface area contributed by atoms with E-state index in [2.05, 4.69) is 10.3 Å². The van der Waals surface area contributed by atoms with Gasteiger partial charge in [-0.2, -0.15) is 0 Å². The van der Waals surface area contributed by atoms with Gasteiger partial charge in [0.25, 0.3) is 5.91 Å². The molecule has 0 fully saturated rings. The molecule has 9 heteroatoms. The molecule has 0 unspecified atom stereocenters. The summed E-state index contributed by atoms with van der Waals surface area (Å²) in [6.07, 6.45) is 0.914. The maximum absolute atomic E-state index is 12.7. The predicted octanol–water partition coefficient (Wildman–Crippen LogP) is 4.69. The molecule has 2 N–H and O–H groups in total. The minimum absolute atomic E-state index is 0.212. The second-order valence-electron chi connectivity index (χ2n) is 6.37. The third kappa shape index (κ3) is 4.80. The van der Waals surface area contributed by atoms with Crippen LogP contribution in [0.15, 0.2) is 34.4 Å². The maximum Gasteiger partial charge on any atom is 0.341 e. The molecule has 0 saturated carbocycles. The van der Waals surface area contributed by atoms with E-state index in [4.69, 9.17) is 9.47 Å². The number of H-pyrrole nitrogens is 1. The molecule has 3 rings (SSSR count). The Bertz CT molecular complexity index is 1100. The zero-order valence-electron chi connectivity index (χ0n) is 16.9. The molecule has 0 aliphatic rings. The molecule has 158 valence electrons. The number of thiophene rings is 1. The number of aromatic amines is 1. The molecule has 0 aliphatic carbocycles. The number of ether oxygens (including phenoxy) is 2. The lowest BCUT2D eigenvalue weighted by Crippen LogP contribution is -2.14. The van der Waals surface area contributed by atoms with Gasteiger partial charge in [-0.25, -0.2) is 4.79 Å². The van der Waals surface area contributed by atoms with E-state index < -0.39 is 11.9 Å². The summed E-state index contributed by atoms with van der Waals surface area (Å²) >= 11 is 2.06. The van der Waals surface area contributed by atoms with E-state index in [1.54, 1.807) is 19.2 Å². The number of hydrogen-bond donors (Lipinski definition) is 2. The minimum Gasteiger partial charge on any atom is -0.494 e. The Morgan fingerprint density at radius 2 is 1.90 bits per heavy atom. The van der Waals surface area contributed by atoms with Crippen LogP contribution < -0.4 is 14.9 Å². The lowest BCUT2D eigenvalue weighted by Gasteiger charge is -2.09. The van der Waals surface area contributed by atoms with Crippen LogP contribution in [0.5, 0.6) is 5.75 Å². The van der Waals surface area contributed by atoms with Gasteiger partial charge in [0.2, 0.25) is 0 Å². The summed E-state index contributed by atoms with van der Waals surface area (Å²) in [5, 5.41) is 4.93. The summed E-state index contributed by atoms with van der Waals surface area (Å²) in [7, 11) is 0. The largest absolute Gasteiger partial charge is 0.494 e. The highest BCUT2D eigenvalue weighted by molar-refractivity contribution is 7.15. The summed E-state index contributed by atoms with van der Waals surface area (Å²) in [6, 6.07) is 7.42. The number of hydrogen-bond acceptors (Lipinski definition) is 7. The summed E-state index contributed by atoms with van der Waals surface area (Å²) < 4.78 is 10.8. The Balaban J connectivity index is 1.94. The van der Waals surface area contributed by atoms with E-state index in [-0.39, 0.29) is 21.9 Å². The Hall–Kier alpha value is -2.91. The topological polar surface area (TPSA) is 97.5 Å². The third-order valence-corrected chi connectivity index (χ3v) is 6.05. The van der Waals surface area contributed by atoms with Crippen molar-refractivity contribution in [1.29, 1.82) is 0 Å². The molecule has 0 spiro atoms. The molecule has 1 aromatic carbocycles. The van der Waals surface area contributed by atoms with E-state index in [1.807, 2.05) is 31.2 Å². The van der Waals surface area contributed by atoms with Crippen molar-refractivity contribution in [3.63, 3.8) is 0 Å². The fourth-order valence-electron chi connectivity index (χ4n) is 2.80. The first-order valence-corrected chi connectivity index (χ1v) is 11.2. The number of amides is 1. The molecule has 0 saturated heterocycles. The van der Waals surface area contributed by atoms with Crippen LogP contribution in [-0.4, -0.2) is 30.1 Å². The van der Waals surface area contributed by atoms with Crippen LogP contribution in [0.1, 0.15) is 46.0 Å². The third-order valence-electron chi connectivity index (χ3n) is 4.17. The van der Waals surface area contributed by atoms with Gasteiger partial charge < -0.3 is 19.8 Å². The zero-order valence-corrected chi connectivity index (χ0v) is 18.5. The standard InChI is InChI=1S/C21H22N2O5S2/c1-4-10-28-14-8-6-13(7-9-14)15-11-29-19(16(15)20(25)27-5-2)23-18(24)17-12(3)22-21(26)30-17/h6-9,11H,4-5,10H2,1-3H3,(H,22,26)(H,23,24). The van der Waals surface area contributed by atoms with Gasteiger partial charge in [-0.3, -0.25) is 9.59 Å². The number of aromatic nitrogens is 1. The van der Waals surface area contributed by atoms with Gasteiger partial charge >= 0.3 is 10.8 Å². The fourth-order valence-corrected chi connectivity index (χ4v) is 4.49. The van der Waals surface area contributed by atoms with E-state index >= 15 is 0 Å². The first-order chi connectivity index (χ1) is 14.4. The second kappa shape index (κ2) is 9.73. The number of thiazole rings is 1. The van der Waals surface area contributed by atoms with Crippen LogP contribution in [0, 0.1) is 6.92 Å². The van der Waals surface area contributed by atoms with Crippen molar-refractivity contribution in [1.82, 2.24) is 4.98 Å². The molecule has 7 nitrogen and oxygen atoms in total. The lowest BCUT2D eigenvalue weighted by atomic mass is 10.0. The van der Waals surface area contributed by atoms with Crippen LogP contribution in [-0.2, 0) is 4.74 Å². The molecule has 0 bridgehead atoms. The molecule has 0 aliphatic heterocycles. The molecule has 0 atom stereocenters. The summed E-state index contributed by atoms with van der Waals surface area (Å²) in [5.41, 5.74) is 2.24. The Morgan fingerprint density at radius 3 is 2.50 bits per heavy atom. The first kappa shape index (κ1) is 21.8. The van der Waals surface area contributed by atoms with Crippen LogP contribution in [0.3, 0.4) is 0 Å². The number of carbonyl (C=O) groups is 2. The van der Waals surface area contributed by atoms with Gasteiger partial charge in [-0.1, -0.05) is 30.4 Å². The second-order valence-corrected chi connectivity index (χ2v) is 8.23. The van der Waals surface area contributed by atoms with Gasteiger partial charge in [-0.05, 0) is 38.0 Å². The number of aryl methyl sites for hydroxylation is 1. The van der Waals surface area contributed by atoms with E-state index in [0.29, 0.717) is 22.9 Å². The average Bonchev–Trinajstić information content (AvgIpc) is 3.29. The van der Waals surface area contributed by atoms with Gasteiger partial charge in [0.1, 0.15) is 21.2 Å². The normalized spacial score (nSPS) is 10.6. The van der Waals surface area contributed by atoms with E-state index in [9.17, 15) is 14.4 Å². The van der Waals surface area contributed by atoms with Crippen molar-refractivity contribution in [2.24, 2.45) is 0 Å². The lowest BCUT2D eigenvalue weighted by molar-refractivity contribution is 0.0529. The van der Waals surface area contributed by atoms with Gasteiger partial charge in [0.05, 0.1) is 13.2 Å². The van der Waals surface area contributed by atoms with Gasteiger partial charge in [0.15, 0.2) is 0 Å². The van der Waals surface area contributed by atoms with Crippen molar-refractivity contribution >= 4 is 39.6 Å². The molecular weight excluding hydrogens is 424 g/mol. The van der Waals surface area contributed by atoms with Gasteiger partial charge in [-0.15, -0.1) is 11.3 Å². The predicted molar refractivity (Wildman–Crippen MR) is 119 cm³/mol. The van der Waals surface area contributed by atoms with Crippen LogP contribution in [0.2, 0.25) is 0 Å². The van der Waals surface area contributed by atoms with Crippen LogP contribution in [0.4, 0.5) is 5.00 Å². The number of nitrogens with one attached hydrogen (secondary N) is 2. The molecular formula is C21H22N2O5S2. The highest BCUT2D eigenvalue weighted by Crippen LogP contribution is 2.37. The van der Waals surface area contributed by atoms with Gasteiger partial charge in [0, 0.05) is 16.6 Å². The van der Waals surface area contributed by atoms with Crippen molar-refractivity contribution < 1.29 is 19.1 Å². The number of carbonyl (C=O) groups excluding carboxylic acids is 2. The quantitative estimate of drug-likeness (QED) is 0.489. The zero-order chi connectivity index (χ0) is 21.7. The van der Waals surface area contributed by atoms with Crippen LogP contribution >= 0.6 is 22.7 Å². The molecule has 0 radical (unpaired) electrons. The van der Waals surface area contributed by atoms with E-state index in [0.717, 1.165) is 29.1 Å². The average molecular weight is 447 g/mol. The van der Waals surface area contributed by atoms with Crippen molar-refractivity contribution in [3.05, 3.63) is 55.4 Å². The van der Waals surface area contributed by atoms with Crippen molar-refractivity contribution in [2.75, 3.05) is 18.5 Å². The number of anilines is 1. The number of benzene rings is 1. The molecule has 1 amide bonds. The van der Waals surface area contributed by atoms with E-state index in [1.165, 1.54) is 11.3 Å². The number of rotatable bonds is 8. The number of esters is 1. The first-order valence-electron chi connectivity index (χ1n) is 9.47. The molecule has 30 heavy (non-hydrogen) atoms. The molecule has 3 aromatic rings. The minimum atomic E-state index is -0.519. The monoisotopic (exact) mass is 446 g/mol. The summed E-state index contributed by atoms with van der Waals surface area (Å²) in [4.78, 5) is 39.4. The molecule has 2 aromatic heterocycles. The van der Waals surface area contributed by atoms with Crippen molar-refractivity contribution in [3.8, 4) is 16.9 Å². The van der Waals surface area contributed by atoms with Crippen LogP contribution in [0.25, 0.3) is 11.1 Å². The Labute approximate surface area is 181 Å². The SMILES string of the molecule is CCCOc1ccc(-c2csc(NC(=O)c3sc(=O)[nH]c3C)c2C(=O)OCC)cc1. The fraction of sp³-hybridized carbons (Fsp3) is 0.286. The maximum atomic E-state index is 12.7. The Kier molecular flexibility index (Phi) is 7.07. The van der Waals surface area contributed by atoms with Crippen molar-refractivity contribution in [2.45, 2.75) is 27.2 Å². The summed E-state index contributed by atoms with van der Waals surface area (Å²) in [5.74, 6) is -0.215.